The number of nitrogens with one attached hydrogen (secondary N) is 2. The molecule has 1 aromatic heterocycles. The molecule has 2 aromatic rings. The summed E-state index contributed by atoms with van der Waals surface area (Å²) in [4.78, 5) is 33.8. The lowest BCUT2D eigenvalue weighted by Crippen LogP contribution is -2.23. The average molecular weight is 327 g/mol. The van der Waals surface area contributed by atoms with Crippen molar-refractivity contribution in [1.29, 1.82) is 0 Å². The van der Waals surface area contributed by atoms with Gasteiger partial charge in [-0.15, -0.1) is 0 Å². The highest BCUT2D eigenvalue weighted by molar-refractivity contribution is 6.03. The number of hydrogen-bond acceptors (Lipinski definition) is 5. The minimum Gasteiger partial charge on any atom is -0.356 e. The van der Waals surface area contributed by atoms with E-state index in [4.69, 9.17) is 0 Å². The second-order valence-electron chi connectivity index (χ2n) is 5.15. The first kappa shape index (κ1) is 17.4. The van der Waals surface area contributed by atoms with E-state index in [2.05, 4.69) is 20.6 Å². The predicted molar refractivity (Wildman–Crippen MR) is 94.3 cm³/mol. The molecule has 1 aromatic carbocycles. The fourth-order valence-electron chi connectivity index (χ4n) is 2.22. The van der Waals surface area contributed by atoms with Crippen LogP contribution in [0.4, 0.5) is 17.2 Å². The third-order valence-corrected chi connectivity index (χ3v) is 3.40. The van der Waals surface area contributed by atoms with E-state index in [9.17, 15) is 9.59 Å². The van der Waals surface area contributed by atoms with Crippen molar-refractivity contribution in [2.75, 3.05) is 28.6 Å². The summed E-state index contributed by atoms with van der Waals surface area (Å²) in [7, 11) is 0. The van der Waals surface area contributed by atoms with Crippen molar-refractivity contribution < 1.29 is 9.59 Å². The molecule has 126 valence electrons. The molecule has 24 heavy (non-hydrogen) atoms. The highest BCUT2D eigenvalue weighted by Crippen LogP contribution is 2.16. The van der Waals surface area contributed by atoms with Crippen LogP contribution in [0.3, 0.4) is 0 Å². The molecular weight excluding hydrogens is 306 g/mol. The van der Waals surface area contributed by atoms with Gasteiger partial charge in [-0.25, -0.2) is 9.97 Å². The molecule has 0 saturated heterocycles. The van der Waals surface area contributed by atoms with Crippen molar-refractivity contribution in [2.24, 2.45) is 0 Å². The number of anilines is 3. The summed E-state index contributed by atoms with van der Waals surface area (Å²) in [6, 6.07) is 6.91. The molecule has 0 atom stereocenters. The van der Waals surface area contributed by atoms with Crippen molar-refractivity contribution in [3.05, 3.63) is 42.4 Å². The third kappa shape index (κ3) is 4.52. The highest BCUT2D eigenvalue weighted by atomic mass is 16.2. The molecule has 0 unspecified atom stereocenters. The number of benzene rings is 1. The maximum atomic E-state index is 12.3. The van der Waals surface area contributed by atoms with Crippen LogP contribution in [0, 0.1) is 0 Å². The van der Waals surface area contributed by atoms with E-state index in [-0.39, 0.29) is 17.5 Å². The Balaban J connectivity index is 2.08. The summed E-state index contributed by atoms with van der Waals surface area (Å²) in [6.07, 6.45) is 3.05. The molecule has 0 aliphatic heterocycles. The summed E-state index contributed by atoms with van der Waals surface area (Å²) in [5.74, 6) is 0.217. The summed E-state index contributed by atoms with van der Waals surface area (Å²) in [6.45, 7) is 7.15. The van der Waals surface area contributed by atoms with E-state index in [1.807, 2.05) is 18.7 Å². The fraction of sp³-hybridized carbons (Fsp3) is 0.294. The van der Waals surface area contributed by atoms with Crippen LogP contribution in [0.25, 0.3) is 0 Å². The van der Waals surface area contributed by atoms with Gasteiger partial charge in [0.25, 0.3) is 5.91 Å². The first-order valence-electron chi connectivity index (χ1n) is 7.79. The lowest BCUT2D eigenvalue weighted by Gasteiger charge is -2.18. The molecule has 0 spiro atoms. The standard InChI is InChI=1S/C17H21N5O2/c1-4-22(5-2)16-11-18-15(10-19-16)17(24)21-14-8-6-7-13(9-14)20-12(3)23/h6-11H,4-5H2,1-3H3,(H,20,23)(H,21,24). The van der Waals surface area contributed by atoms with Crippen LogP contribution >= 0.6 is 0 Å². The largest absolute Gasteiger partial charge is 0.356 e. The zero-order chi connectivity index (χ0) is 17.5. The number of nitrogens with zero attached hydrogens (tertiary/aromatic N) is 3. The molecule has 1 heterocycles. The predicted octanol–water partition coefficient (Wildman–Crippen LogP) is 2.53. The Hall–Kier alpha value is -2.96. The first-order chi connectivity index (χ1) is 11.5. The molecule has 0 aliphatic rings. The zero-order valence-corrected chi connectivity index (χ0v) is 14.0. The van der Waals surface area contributed by atoms with Gasteiger partial charge in [0.15, 0.2) is 0 Å². The van der Waals surface area contributed by atoms with Crippen LogP contribution in [0.15, 0.2) is 36.7 Å². The van der Waals surface area contributed by atoms with Gasteiger partial charge in [0.2, 0.25) is 5.91 Å². The van der Waals surface area contributed by atoms with E-state index in [1.54, 1.807) is 30.5 Å². The third-order valence-electron chi connectivity index (χ3n) is 3.40. The van der Waals surface area contributed by atoms with Crippen molar-refractivity contribution in [3.8, 4) is 0 Å². The Morgan fingerprint density at radius 2 is 1.71 bits per heavy atom. The second-order valence-corrected chi connectivity index (χ2v) is 5.15. The summed E-state index contributed by atoms with van der Waals surface area (Å²) in [5, 5.41) is 5.41. The van der Waals surface area contributed by atoms with Gasteiger partial charge in [-0.1, -0.05) is 6.07 Å². The Morgan fingerprint density at radius 3 is 2.25 bits per heavy atom. The number of aromatic nitrogens is 2. The maximum Gasteiger partial charge on any atom is 0.275 e. The molecule has 0 fully saturated rings. The Morgan fingerprint density at radius 1 is 1.04 bits per heavy atom. The van der Waals surface area contributed by atoms with E-state index >= 15 is 0 Å². The van der Waals surface area contributed by atoms with E-state index in [1.165, 1.54) is 13.1 Å². The molecule has 7 nitrogen and oxygen atoms in total. The lowest BCUT2D eigenvalue weighted by molar-refractivity contribution is -0.114. The van der Waals surface area contributed by atoms with Crippen LogP contribution in [-0.4, -0.2) is 34.9 Å². The molecule has 0 radical (unpaired) electrons. The number of hydrogen-bond donors (Lipinski definition) is 2. The van der Waals surface area contributed by atoms with Crippen LogP contribution in [0.1, 0.15) is 31.3 Å². The molecular formula is C17H21N5O2. The number of carbonyl (C=O) groups excluding carboxylic acids is 2. The average Bonchev–Trinajstić information content (AvgIpc) is 2.56. The molecule has 2 rings (SSSR count). The van der Waals surface area contributed by atoms with Crippen molar-refractivity contribution >= 4 is 29.0 Å². The second kappa shape index (κ2) is 8.05. The number of carbonyl (C=O) groups is 2. The molecule has 0 saturated carbocycles. The molecule has 7 heteroatoms. The fourth-order valence-corrected chi connectivity index (χ4v) is 2.22. The monoisotopic (exact) mass is 327 g/mol. The highest BCUT2D eigenvalue weighted by Gasteiger charge is 2.10. The smallest absolute Gasteiger partial charge is 0.275 e. The van der Waals surface area contributed by atoms with Crippen LogP contribution < -0.4 is 15.5 Å². The Bertz CT molecular complexity index is 711. The van der Waals surface area contributed by atoms with E-state index < -0.39 is 0 Å². The zero-order valence-electron chi connectivity index (χ0n) is 14.0. The quantitative estimate of drug-likeness (QED) is 0.851. The van der Waals surface area contributed by atoms with Gasteiger partial charge in [-0.2, -0.15) is 0 Å². The van der Waals surface area contributed by atoms with Crippen molar-refractivity contribution in [1.82, 2.24) is 9.97 Å². The summed E-state index contributed by atoms with van der Waals surface area (Å²) >= 11 is 0. The van der Waals surface area contributed by atoms with Crippen LogP contribution in [-0.2, 0) is 4.79 Å². The van der Waals surface area contributed by atoms with Gasteiger partial charge in [-0.05, 0) is 32.0 Å². The van der Waals surface area contributed by atoms with Gasteiger partial charge in [0, 0.05) is 31.4 Å². The van der Waals surface area contributed by atoms with Gasteiger partial charge in [0.05, 0.1) is 12.4 Å². The topological polar surface area (TPSA) is 87.2 Å². The Labute approximate surface area is 141 Å². The van der Waals surface area contributed by atoms with Crippen LogP contribution in [0.5, 0.6) is 0 Å². The first-order valence-corrected chi connectivity index (χ1v) is 7.79. The normalized spacial score (nSPS) is 10.1. The number of rotatable bonds is 6. The van der Waals surface area contributed by atoms with E-state index in [0.29, 0.717) is 11.4 Å². The molecule has 2 amide bonds. The molecule has 2 N–H and O–H groups in total. The molecule has 0 bridgehead atoms. The number of amides is 2. The summed E-state index contributed by atoms with van der Waals surface area (Å²) < 4.78 is 0. The SMILES string of the molecule is CCN(CC)c1cnc(C(=O)Nc2cccc(NC(C)=O)c2)cn1. The molecule has 0 aliphatic carbocycles. The minimum absolute atomic E-state index is 0.170. The Kier molecular flexibility index (Phi) is 5.83. The van der Waals surface area contributed by atoms with Gasteiger partial charge >= 0.3 is 0 Å². The van der Waals surface area contributed by atoms with Gasteiger partial charge < -0.3 is 15.5 Å². The summed E-state index contributed by atoms with van der Waals surface area (Å²) in [5.41, 5.74) is 1.42. The van der Waals surface area contributed by atoms with Crippen molar-refractivity contribution in [2.45, 2.75) is 20.8 Å². The van der Waals surface area contributed by atoms with Gasteiger partial charge in [0.1, 0.15) is 11.5 Å². The maximum absolute atomic E-state index is 12.3. The van der Waals surface area contributed by atoms with Crippen LogP contribution in [0.2, 0.25) is 0 Å². The minimum atomic E-state index is -0.353. The van der Waals surface area contributed by atoms with E-state index in [0.717, 1.165) is 18.9 Å². The van der Waals surface area contributed by atoms with Crippen molar-refractivity contribution in [3.63, 3.8) is 0 Å². The van der Waals surface area contributed by atoms with Gasteiger partial charge in [-0.3, -0.25) is 9.59 Å². The lowest BCUT2D eigenvalue weighted by atomic mass is 10.2.